The Morgan fingerprint density at radius 3 is 2.47 bits per heavy atom. The number of imidazole rings is 1. The minimum Gasteiger partial charge on any atom is -0.507 e. The second-order valence-electron chi connectivity index (χ2n) is 6.16. The van der Waals surface area contributed by atoms with Crippen LogP contribution in [-0.4, -0.2) is 15.1 Å². The molecule has 0 atom stereocenters. The molecule has 3 heteroatoms. The van der Waals surface area contributed by atoms with Crippen LogP contribution < -0.4 is 0 Å². The van der Waals surface area contributed by atoms with Crippen molar-refractivity contribution < 1.29 is 5.11 Å². The van der Waals surface area contributed by atoms with Crippen LogP contribution in [0.4, 0.5) is 0 Å². The molecule has 0 saturated heterocycles. The standard InChI is InChI=1S/C16H22N2O/c1-10-8-13(16(3,4)5)15(19)11(2)12(10)9-14-17-6-7-18-14/h6-8,19H,9H2,1-5H3,(H,17,18). The number of nitrogens with zero attached hydrogens (tertiary/aromatic N) is 1. The Morgan fingerprint density at radius 1 is 1.26 bits per heavy atom. The van der Waals surface area contributed by atoms with E-state index < -0.39 is 0 Å². The van der Waals surface area contributed by atoms with Crippen LogP contribution >= 0.6 is 0 Å². The molecule has 1 aromatic heterocycles. The molecular formula is C16H22N2O. The van der Waals surface area contributed by atoms with Crippen molar-refractivity contribution in [2.45, 2.75) is 46.5 Å². The molecule has 2 aromatic rings. The van der Waals surface area contributed by atoms with Crippen molar-refractivity contribution in [2.24, 2.45) is 0 Å². The monoisotopic (exact) mass is 258 g/mol. The number of aryl methyl sites for hydroxylation is 1. The number of hydrogen-bond acceptors (Lipinski definition) is 2. The highest BCUT2D eigenvalue weighted by molar-refractivity contribution is 5.52. The summed E-state index contributed by atoms with van der Waals surface area (Å²) in [6, 6.07) is 2.10. The van der Waals surface area contributed by atoms with Gasteiger partial charge in [0.25, 0.3) is 0 Å². The van der Waals surface area contributed by atoms with Crippen molar-refractivity contribution in [3.63, 3.8) is 0 Å². The van der Waals surface area contributed by atoms with Crippen LogP contribution in [0.25, 0.3) is 0 Å². The third-order valence-corrected chi connectivity index (χ3v) is 3.61. The molecule has 0 aliphatic heterocycles. The van der Waals surface area contributed by atoms with Gasteiger partial charge in [-0.2, -0.15) is 0 Å². The third kappa shape index (κ3) is 2.65. The molecule has 0 spiro atoms. The molecule has 0 amide bonds. The summed E-state index contributed by atoms with van der Waals surface area (Å²) >= 11 is 0. The molecule has 0 aliphatic carbocycles. The molecule has 19 heavy (non-hydrogen) atoms. The van der Waals surface area contributed by atoms with Crippen LogP contribution in [0.5, 0.6) is 5.75 Å². The fourth-order valence-corrected chi connectivity index (χ4v) is 2.42. The first-order valence-electron chi connectivity index (χ1n) is 6.61. The molecule has 3 nitrogen and oxygen atoms in total. The van der Waals surface area contributed by atoms with Crippen LogP contribution in [0.2, 0.25) is 0 Å². The molecule has 0 aliphatic rings. The van der Waals surface area contributed by atoms with Crippen molar-refractivity contribution in [3.05, 3.63) is 46.5 Å². The number of hydrogen-bond donors (Lipinski definition) is 2. The molecule has 2 N–H and O–H groups in total. The van der Waals surface area contributed by atoms with Crippen LogP contribution in [0.15, 0.2) is 18.5 Å². The predicted octanol–water partition coefficient (Wildman–Crippen LogP) is 3.62. The zero-order valence-corrected chi connectivity index (χ0v) is 12.3. The highest BCUT2D eigenvalue weighted by atomic mass is 16.3. The summed E-state index contributed by atoms with van der Waals surface area (Å²) in [5, 5.41) is 10.4. The Morgan fingerprint density at radius 2 is 1.95 bits per heavy atom. The summed E-state index contributed by atoms with van der Waals surface area (Å²) in [6.45, 7) is 10.4. The maximum Gasteiger partial charge on any atom is 0.122 e. The van der Waals surface area contributed by atoms with Crippen LogP contribution in [-0.2, 0) is 11.8 Å². The minimum atomic E-state index is -0.0528. The van der Waals surface area contributed by atoms with Crippen molar-refractivity contribution >= 4 is 0 Å². The van der Waals surface area contributed by atoms with Crippen molar-refractivity contribution in [1.29, 1.82) is 0 Å². The van der Waals surface area contributed by atoms with Crippen LogP contribution in [0.1, 0.15) is 48.8 Å². The van der Waals surface area contributed by atoms with E-state index in [9.17, 15) is 5.11 Å². The van der Waals surface area contributed by atoms with E-state index in [4.69, 9.17) is 0 Å². The number of phenolic OH excluding ortho intramolecular Hbond substituents is 1. The summed E-state index contributed by atoms with van der Waals surface area (Å²) in [4.78, 5) is 7.37. The Hall–Kier alpha value is -1.77. The lowest BCUT2D eigenvalue weighted by molar-refractivity contribution is 0.441. The first-order chi connectivity index (χ1) is 8.80. The van der Waals surface area contributed by atoms with Gasteiger partial charge in [-0.25, -0.2) is 4.98 Å². The average molecular weight is 258 g/mol. The quantitative estimate of drug-likeness (QED) is 0.864. The van der Waals surface area contributed by atoms with E-state index in [1.54, 1.807) is 6.20 Å². The number of aromatic hydroxyl groups is 1. The SMILES string of the molecule is Cc1cc(C(C)(C)C)c(O)c(C)c1Cc1ncc[nH]1. The first-order valence-corrected chi connectivity index (χ1v) is 6.61. The van der Waals surface area contributed by atoms with Gasteiger partial charge in [0.05, 0.1) is 0 Å². The van der Waals surface area contributed by atoms with Gasteiger partial charge in [0.2, 0.25) is 0 Å². The highest BCUT2D eigenvalue weighted by Crippen LogP contribution is 2.36. The molecule has 0 bridgehead atoms. The van der Waals surface area contributed by atoms with E-state index in [-0.39, 0.29) is 5.41 Å². The lowest BCUT2D eigenvalue weighted by Crippen LogP contribution is -2.13. The van der Waals surface area contributed by atoms with Gasteiger partial charge in [-0.05, 0) is 41.5 Å². The number of aromatic amines is 1. The summed E-state index contributed by atoms with van der Waals surface area (Å²) < 4.78 is 0. The lowest BCUT2D eigenvalue weighted by atomic mass is 9.82. The second kappa shape index (κ2) is 4.72. The molecular weight excluding hydrogens is 236 g/mol. The summed E-state index contributed by atoms with van der Waals surface area (Å²) in [5.74, 6) is 1.34. The number of rotatable bonds is 2. The number of benzene rings is 1. The van der Waals surface area contributed by atoms with E-state index in [0.717, 1.165) is 28.9 Å². The van der Waals surface area contributed by atoms with Gasteiger partial charge in [-0.15, -0.1) is 0 Å². The fraction of sp³-hybridized carbons (Fsp3) is 0.438. The normalized spacial score (nSPS) is 11.8. The molecule has 102 valence electrons. The zero-order chi connectivity index (χ0) is 14.2. The molecule has 0 unspecified atom stereocenters. The Bertz CT molecular complexity index is 578. The van der Waals surface area contributed by atoms with Crippen molar-refractivity contribution in [3.8, 4) is 5.75 Å². The first kappa shape index (κ1) is 13.7. The van der Waals surface area contributed by atoms with Gasteiger partial charge < -0.3 is 10.1 Å². The number of H-pyrrole nitrogens is 1. The maximum absolute atomic E-state index is 10.4. The topological polar surface area (TPSA) is 48.9 Å². The Balaban J connectivity index is 2.50. The van der Waals surface area contributed by atoms with Gasteiger partial charge in [-0.3, -0.25) is 0 Å². The van der Waals surface area contributed by atoms with Crippen molar-refractivity contribution in [1.82, 2.24) is 9.97 Å². The summed E-state index contributed by atoms with van der Waals surface area (Å²) in [7, 11) is 0. The highest BCUT2D eigenvalue weighted by Gasteiger charge is 2.22. The minimum absolute atomic E-state index is 0.0528. The summed E-state index contributed by atoms with van der Waals surface area (Å²) in [5.41, 5.74) is 4.27. The third-order valence-electron chi connectivity index (χ3n) is 3.61. The smallest absolute Gasteiger partial charge is 0.122 e. The van der Waals surface area contributed by atoms with Gasteiger partial charge in [0, 0.05) is 18.8 Å². The maximum atomic E-state index is 10.4. The fourth-order valence-electron chi connectivity index (χ4n) is 2.42. The molecule has 1 heterocycles. The van der Waals surface area contributed by atoms with Crippen LogP contribution in [0, 0.1) is 13.8 Å². The van der Waals surface area contributed by atoms with Gasteiger partial charge in [0.1, 0.15) is 11.6 Å². The lowest BCUT2D eigenvalue weighted by Gasteiger charge is -2.24. The Labute approximate surface area is 114 Å². The van der Waals surface area contributed by atoms with E-state index in [1.165, 1.54) is 5.56 Å². The second-order valence-corrected chi connectivity index (χ2v) is 6.16. The van der Waals surface area contributed by atoms with Crippen LogP contribution in [0.3, 0.4) is 0 Å². The zero-order valence-electron chi connectivity index (χ0n) is 12.3. The molecule has 0 radical (unpaired) electrons. The average Bonchev–Trinajstić information content (AvgIpc) is 2.80. The van der Waals surface area contributed by atoms with E-state index in [1.807, 2.05) is 13.1 Å². The molecule has 1 aromatic carbocycles. The molecule has 0 saturated carbocycles. The summed E-state index contributed by atoms with van der Waals surface area (Å²) in [6.07, 6.45) is 4.30. The van der Waals surface area contributed by atoms with Gasteiger partial charge >= 0.3 is 0 Å². The van der Waals surface area contributed by atoms with Gasteiger partial charge in [0.15, 0.2) is 0 Å². The van der Waals surface area contributed by atoms with E-state index in [0.29, 0.717) is 5.75 Å². The van der Waals surface area contributed by atoms with E-state index in [2.05, 4.69) is 43.7 Å². The number of aromatic nitrogens is 2. The Kier molecular flexibility index (Phi) is 3.40. The largest absolute Gasteiger partial charge is 0.507 e. The number of phenols is 1. The van der Waals surface area contributed by atoms with E-state index >= 15 is 0 Å². The molecule has 2 rings (SSSR count). The predicted molar refractivity (Wildman–Crippen MR) is 77.7 cm³/mol. The number of nitrogens with one attached hydrogen (secondary N) is 1. The molecule has 0 fully saturated rings. The van der Waals surface area contributed by atoms with Gasteiger partial charge in [-0.1, -0.05) is 26.8 Å². The van der Waals surface area contributed by atoms with Crippen molar-refractivity contribution in [2.75, 3.05) is 0 Å².